The van der Waals surface area contributed by atoms with Crippen LogP contribution in [0, 0.1) is 0 Å². The smallest absolute Gasteiger partial charge is 0.329 e. The lowest BCUT2D eigenvalue weighted by Gasteiger charge is -2.14. The summed E-state index contributed by atoms with van der Waals surface area (Å²) in [6, 6.07) is 9.22. The first-order chi connectivity index (χ1) is 13.0. The lowest BCUT2D eigenvalue weighted by atomic mass is 10.3. The zero-order valence-electron chi connectivity index (χ0n) is 15.2. The third kappa shape index (κ3) is 4.25. The van der Waals surface area contributed by atoms with Crippen LogP contribution in [-0.4, -0.2) is 42.9 Å². The first-order valence-electron chi connectivity index (χ1n) is 8.69. The Kier molecular flexibility index (Phi) is 6.02. The lowest BCUT2D eigenvalue weighted by molar-refractivity contribution is 0.0873. The Morgan fingerprint density at radius 3 is 2.74 bits per heavy atom. The van der Waals surface area contributed by atoms with Crippen molar-refractivity contribution < 1.29 is 9.84 Å². The highest BCUT2D eigenvalue weighted by atomic mass is 32.2. The Bertz CT molecular complexity index is 1030. The molecule has 1 atom stereocenters. The standard InChI is InChI=1S/C18H22N4O4S/c1-3-9-27-17-14-15(21(2)18(25)19-16(14)24)20-22(17)10-12(23)11-26-13-7-5-4-6-8-13/h4-8,12,23H,3,9-11H2,1-2H3,(H,19,24,25). The molecule has 0 aliphatic rings. The Hall–Kier alpha value is -2.52. The van der Waals surface area contributed by atoms with Crippen molar-refractivity contribution >= 4 is 22.8 Å². The van der Waals surface area contributed by atoms with Gasteiger partial charge in [-0.25, -0.2) is 4.79 Å². The molecule has 144 valence electrons. The van der Waals surface area contributed by atoms with Crippen LogP contribution in [0.1, 0.15) is 13.3 Å². The van der Waals surface area contributed by atoms with Gasteiger partial charge in [-0.2, -0.15) is 5.10 Å². The Morgan fingerprint density at radius 1 is 1.30 bits per heavy atom. The van der Waals surface area contributed by atoms with E-state index in [1.807, 2.05) is 37.3 Å². The topological polar surface area (TPSA) is 102 Å². The van der Waals surface area contributed by atoms with Crippen molar-refractivity contribution in [2.75, 3.05) is 12.4 Å². The van der Waals surface area contributed by atoms with Gasteiger partial charge in [0.15, 0.2) is 5.65 Å². The van der Waals surface area contributed by atoms with Crippen molar-refractivity contribution in [3.05, 3.63) is 51.2 Å². The number of fused-ring (bicyclic) bond motifs is 1. The molecule has 0 aliphatic carbocycles. The summed E-state index contributed by atoms with van der Waals surface area (Å²) in [6.07, 6.45) is 0.0948. The minimum absolute atomic E-state index is 0.0907. The second-order valence-electron chi connectivity index (χ2n) is 6.13. The number of ether oxygens (including phenoxy) is 1. The molecule has 27 heavy (non-hydrogen) atoms. The number of aromatic nitrogens is 4. The molecule has 0 saturated carbocycles. The molecule has 8 nitrogen and oxygen atoms in total. The number of para-hydroxylation sites is 1. The fourth-order valence-corrected chi connectivity index (χ4v) is 3.63. The van der Waals surface area contributed by atoms with Crippen LogP contribution in [0.4, 0.5) is 0 Å². The van der Waals surface area contributed by atoms with Crippen molar-refractivity contribution in [3.8, 4) is 5.75 Å². The molecule has 2 aromatic heterocycles. The van der Waals surface area contributed by atoms with Gasteiger partial charge in [-0.1, -0.05) is 25.1 Å². The molecular weight excluding hydrogens is 368 g/mol. The van der Waals surface area contributed by atoms with Crippen LogP contribution < -0.4 is 16.0 Å². The number of nitrogens with zero attached hydrogens (tertiary/aromatic N) is 3. The number of thioether (sulfide) groups is 1. The van der Waals surface area contributed by atoms with Gasteiger partial charge < -0.3 is 9.84 Å². The molecule has 0 bridgehead atoms. The summed E-state index contributed by atoms with van der Waals surface area (Å²) < 4.78 is 8.46. The van der Waals surface area contributed by atoms with Gasteiger partial charge in [-0.3, -0.25) is 19.0 Å². The molecule has 2 N–H and O–H groups in total. The Labute approximate surface area is 159 Å². The normalized spacial score (nSPS) is 12.4. The fraction of sp³-hybridized carbons (Fsp3) is 0.389. The fourth-order valence-electron chi connectivity index (χ4n) is 2.64. The third-order valence-electron chi connectivity index (χ3n) is 3.97. The van der Waals surface area contributed by atoms with Crippen LogP contribution in [-0.2, 0) is 13.6 Å². The van der Waals surface area contributed by atoms with Crippen LogP contribution in [0.2, 0.25) is 0 Å². The first-order valence-corrected chi connectivity index (χ1v) is 9.68. The monoisotopic (exact) mass is 390 g/mol. The predicted octanol–water partition coefficient (Wildman–Crippen LogP) is 1.37. The Morgan fingerprint density at radius 2 is 2.04 bits per heavy atom. The average Bonchev–Trinajstić information content (AvgIpc) is 3.02. The SMILES string of the molecule is CCCSc1c2c(=O)[nH]c(=O)n(C)c2nn1CC(O)COc1ccccc1. The van der Waals surface area contributed by atoms with Crippen LogP contribution >= 0.6 is 11.8 Å². The van der Waals surface area contributed by atoms with E-state index in [4.69, 9.17) is 4.74 Å². The number of aryl methyl sites for hydroxylation is 1. The molecule has 0 amide bonds. The predicted molar refractivity (Wildman–Crippen MR) is 105 cm³/mol. The minimum atomic E-state index is -0.823. The maximum atomic E-state index is 12.3. The van der Waals surface area contributed by atoms with Crippen molar-refractivity contribution in [1.29, 1.82) is 0 Å². The van der Waals surface area contributed by atoms with Gasteiger partial charge in [0.25, 0.3) is 5.56 Å². The second-order valence-corrected chi connectivity index (χ2v) is 7.21. The number of aliphatic hydroxyl groups is 1. The van der Waals surface area contributed by atoms with E-state index in [0.29, 0.717) is 21.8 Å². The molecule has 2 heterocycles. The van der Waals surface area contributed by atoms with E-state index in [1.165, 1.54) is 16.3 Å². The zero-order valence-corrected chi connectivity index (χ0v) is 16.0. The molecule has 0 spiro atoms. The van der Waals surface area contributed by atoms with Crippen LogP contribution in [0.5, 0.6) is 5.75 Å². The maximum Gasteiger partial charge on any atom is 0.329 e. The molecule has 0 radical (unpaired) electrons. The number of aromatic amines is 1. The molecule has 0 fully saturated rings. The van der Waals surface area contributed by atoms with E-state index in [9.17, 15) is 14.7 Å². The molecule has 1 unspecified atom stereocenters. The Balaban J connectivity index is 1.88. The summed E-state index contributed by atoms with van der Waals surface area (Å²) >= 11 is 1.48. The summed E-state index contributed by atoms with van der Waals surface area (Å²) in [5.74, 6) is 1.46. The third-order valence-corrected chi connectivity index (χ3v) is 5.27. The average molecular weight is 390 g/mol. The van der Waals surface area contributed by atoms with E-state index in [0.717, 1.165) is 12.2 Å². The van der Waals surface area contributed by atoms with Crippen LogP contribution in [0.25, 0.3) is 11.0 Å². The first kappa shape index (κ1) is 19.2. The lowest BCUT2D eigenvalue weighted by Crippen LogP contribution is -2.28. The molecule has 0 aliphatic heterocycles. The number of nitrogens with one attached hydrogen (secondary N) is 1. The number of rotatable bonds is 8. The van der Waals surface area contributed by atoms with Crippen molar-refractivity contribution in [1.82, 2.24) is 19.3 Å². The van der Waals surface area contributed by atoms with Gasteiger partial charge in [-0.15, -0.1) is 11.8 Å². The van der Waals surface area contributed by atoms with Gasteiger partial charge in [-0.05, 0) is 24.3 Å². The molecule has 9 heteroatoms. The van der Waals surface area contributed by atoms with E-state index in [2.05, 4.69) is 10.1 Å². The molecule has 3 rings (SSSR count). The number of hydrogen-bond donors (Lipinski definition) is 2. The van der Waals surface area contributed by atoms with Gasteiger partial charge >= 0.3 is 5.69 Å². The van der Waals surface area contributed by atoms with E-state index >= 15 is 0 Å². The number of aliphatic hydroxyl groups excluding tert-OH is 1. The van der Waals surface area contributed by atoms with Gasteiger partial charge in [0.1, 0.15) is 28.9 Å². The quantitative estimate of drug-likeness (QED) is 0.563. The highest BCUT2D eigenvalue weighted by molar-refractivity contribution is 7.99. The summed E-state index contributed by atoms with van der Waals surface area (Å²) in [5.41, 5.74) is -0.677. The summed E-state index contributed by atoms with van der Waals surface area (Å²) in [5, 5.41) is 15.8. The van der Waals surface area contributed by atoms with Crippen molar-refractivity contribution in [3.63, 3.8) is 0 Å². The van der Waals surface area contributed by atoms with Gasteiger partial charge in [0, 0.05) is 7.05 Å². The second kappa shape index (κ2) is 8.45. The zero-order chi connectivity index (χ0) is 19.4. The number of H-pyrrole nitrogens is 1. The number of hydrogen-bond acceptors (Lipinski definition) is 6. The highest BCUT2D eigenvalue weighted by Crippen LogP contribution is 2.25. The molecule has 1 aromatic carbocycles. The van der Waals surface area contributed by atoms with Crippen molar-refractivity contribution in [2.45, 2.75) is 31.0 Å². The molecule has 0 saturated heterocycles. The van der Waals surface area contributed by atoms with Crippen molar-refractivity contribution in [2.24, 2.45) is 7.05 Å². The summed E-state index contributed by atoms with van der Waals surface area (Å²) in [4.78, 5) is 26.5. The van der Waals surface area contributed by atoms with E-state index in [-0.39, 0.29) is 13.2 Å². The van der Waals surface area contributed by atoms with Crippen LogP contribution in [0.3, 0.4) is 0 Å². The van der Waals surface area contributed by atoms with Gasteiger partial charge in [0.05, 0.1) is 6.54 Å². The molecule has 3 aromatic rings. The summed E-state index contributed by atoms with van der Waals surface area (Å²) in [7, 11) is 1.56. The maximum absolute atomic E-state index is 12.3. The van der Waals surface area contributed by atoms with Crippen LogP contribution in [0.15, 0.2) is 44.9 Å². The summed E-state index contributed by atoms with van der Waals surface area (Å²) in [6.45, 7) is 2.28. The number of benzene rings is 1. The minimum Gasteiger partial charge on any atom is -0.491 e. The molecular formula is C18H22N4O4S. The largest absolute Gasteiger partial charge is 0.491 e. The van der Waals surface area contributed by atoms with E-state index < -0.39 is 17.4 Å². The van der Waals surface area contributed by atoms with Gasteiger partial charge in [0.2, 0.25) is 0 Å². The van der Waals surface area contributed by atoms with E-state index in [1.54, 1.807) is 11.7 Å². The highest BCUT2D eigenvalue weighted by Gasteiger charge is 2.20.